The van der Waals surface area contributed by atoms with Crippen molar-refractivity contribution < 1.29 is 9.26 Å². The predicted octanol–water partition coefficient (Wildman–Crippen LogP) is 2.53. The summed E-state index contributed by atoms with van der Waals surface area (Å²) in [5, 5.41) is 12.0. The lowest BCUT2D eigenvalue weighted by Crippen LogP contribution is -2.31. The third-order valence-electron chi connectivity index (χ3n) is 4.25. The summed E-state index contributed by atoms with van der Waals surface area (Å²) in [5.41, 5.74) is 1.58. The van der Waals surface area contributed by atoms with E-state index in [2.05, 4.69) is 20.6 Å². The molecule has 1 saturated heterocycles. The van der Waals surface area contributed by atoms with Gasteiger partial charge in [0.2, 0.25) is 5.82 Å². The third kappa shape index (κ3) is 2.90. The molecule has 1 aromatic carbocycles. The first-order valence-corrected chi connectivity index (χ1v) is 8.08. The van der Waals surface area contributed by atoms with E-state index >= 15 is 0 Å². The van der Waals surface area contributed by atoms with Gasteiger partial charge in [0.1, 0.15) is 5.75 Å². The molecule has 0 aliphatic carbocycles. The lowest BCUT2D eigenvalue weighted by molar-refractivity contribution is 0.346. The molecule has 7 heteroatoms. The average molecular weight is 325 g/mol. The molecule has 1 unspecified atom stereocenters. The van der Waals surface area contributed by atoms with Crippen LogP contribution in [0.4, 0.5) is 0 Å². The van der Waals surface area contributed by atoms with E-state index in [1.165, 1.54) is 6.42 Å². The number of hydrogen-bond acceptors (Lipinski definition) is 6. The zero-order valence-electron chi connectivity index (χ0n) is 13.5. The fourth-order valence-corrected chi connectivity index (χ4v) is 2.90. The van der Waals surface area contributed by atoms with Gasteiger partial charge in [0, 0.05) is 18.3 Å². The Bertz CT molecular complexity index is 803. The van der Waals surface area contributed by atoms with E-state index < -0.39 is 0 Å². The van der Waals surface area contributed by atoms with E-state index in [1.54, 1.807) is 7.11 Å². The molecule has 0 saturated carbocycles. The van der Waals surface area contributed by atoms with E-state index in [-0.39, 0.29) is 0 Å². The largest absolute Gasteiger partial charge is 0.497 e. The van der Waals surface area contributed by atoms with Gasteiger partial charge in [-0.25, -0.2) is 0 Å². The van der Waals surface area contributed by atoms with Gasteiger partial charge < -0.3 is 14.6 Å². The van der Waals surface area contributed by atoms with E-state index in [4.69, 9.17) is 9.26 Å². The van der Waals surface area contributed by atoms with Crippen LogP contribution >= 0.6 is 0 Å². The Hall–Kier alpha value is -2.67. The molecule has 0 spiro atoms. The number of benzene rings is 1. The highest BCUT2D eigenvalue weighted by molar-refractivity contribution is 5.58. The van der Waals surface area contributed by atoms with Crippen LogP contribution in [0.2, 0.25) is 0 Å². The first-order chi connectivity index (χ1) is 11.8. The van der Waals surface area contributed by atoms with Gasteiger partial charge in [-0.05, 0) is 49.7 Å². The molecule has 0 bridgehead atoms. The molecule has 124 valence electrons. The van der Waals surface area contributed by atoms with E-state index in [0.29, 0.717) is 23.5 Å². The summed E-state index contributed by atoms with van der Waals surface area (Å²) in [6.45, 7) is 2.03. The molecule has 1 atom stereocenters. The summed E-state index contributed by atoms with van der Waals surface area (Å²) >= 11 is 0. The topological polar surface area (TPSA) is 78.0 Å². The highest BCUT2D eigenvalue weighted by Gasteiger charge is 2.18. The SMILES string of the molecule is COc1ccc(-c2noc(-c3ccn(C4CCCNC4)n3)n2)cc1. The van der Waals surface area contributed by atoms with Crippen molar-refractivity contribution in [3.63, 3.8) is 0 Å². The highest BCUT2D eigenvalue weighted by atomic mass is 16.5. The smallest absolute Gasteiger partial charge is 0.278 e. The molecule has 7 nitrogen and oxygen atoms in total. The van der Waals surface area contributed by atoms with Crippen molar-refractivity contribution in [3.05, 3.63) is 36.5 Å². The minimum Gasteiger partial charge on any atom is -0.497 e. The Labute approximate surface area is 139 Å². The van der Waals surface area contributed by atoms with Crippen molar-refractivity contribution in [2.75, 3.05) is 20.2 Å². The summed E-state index contributed by atoms with van der Waals surface area (Å²) in [4.78, 5) is 4.45. The molecule has 3 aromatic rings. The van der Waals surface area contributed by atoms with Crippen LogP contribution in [0.1, 0.15) is 18.9 Å². The first-order valence-electron chi connectivity index (χ1n) is 8.08. The van der Waals surface area contributed by atoms with E-state index in [9.17, 15) is 0 Å². The van der Waals surface area contributed by atoms with Crippen LogP contribution in [-0.4, -0.2) is 40.1 Å². The highest BCUT2D eigenvalue weighted by Crippen LogP contribution is 2.24. The van der Waals surface area contributed by atoms with Crippen LogP contribution in [0.5, 0.6) is 5.75 Å². The van der Waals surface area contributed by atoms with Crippen molar-refractivity contribution in [3.8, 4) is 28.7 Å². The van der Waals surface area contributed by atoms with Gasteiger partial charge in [-0.2, -0.15) is 10.1 Å². The average Bonchev–Trinajstić information content (AvgIpc) is 3.32. The lowest BCUT2D eigenvalue weighted by atomic mass is 10.1. The number of piperidine rings is 1. The normalized spacial score (nSPS) is 17.8. The minimum atomic E-state index is 0.386. The molecule has 1 aliphatic rings. The Kier molecular flexibility index (Phi) is 4.00. The number of hydrogen-bond donors (Lipinski definition) is 1. The van der Waals surface area contributed by atoms with Gasteiger partial charge in [-0.15, -0.1) is 0 Å². The molecule has 0 amide bonds. The number of nitrogens with zero attached hydrogens (tertiary/aromatic N) is 4. The van der Waals surface area contributed by atoms with Crippen LogP contribution < -0.4 is 10.1 Å². The number of nitrogens with one attached hydrogen (secondary N) is 1. The van der Waals surface area contributed by atoms with Crippen LogP contribution in [0, 0.1) is 0 Å². The van der Waals surface area contributed by atoms with Crippen LogP contribution in [0.15, 0.2) is 41.1 Å². The second kappa shape index (κ2) is 6.45. The van der Waals surface area contributed by atoms with Crippen molar-refractivity contribution in [2.24, 2.45) is 0 Å². The number of methoxy groups -OCH3 is 1. The first kappa shape index (κ1) is 14.9. The molecule has 1 fully saturated rings. The number of aromatic nitrogens is 4. The van der Waals surface area contributed by atoms with Crippen molar-refractivity contribution in [1.29, 1.82) is 0 Å². The molecular weight excluding hydrogens is 306 g/mol. The quantitative estimate of drug-likeness (QED) is 0.794. The predicted molar refractivity (Wildman–Crippen MR) is 88.6 cm³/mol. The molecule has 2 aromatic heterocycles. The standard InChI is InChI=1S/C17H19N5O2/c1-23-14-6-4-12(5-7-14)16-19-17(24-21-16)15-8-10-22(20-15)13-3-2-9-18-11-13/h4-8,10,13,18H,2-3,9,11H2,1H3. The summed E-state index contributed by atoms with van der Waals surface area (Å²) < 4.78 is 12.5. The zero-order valence-corrected chi connectivity index (χ0v) is 13.5. The second-order valence-corrected chi connectivity index (χ2v) is 5.83. The van der Waals surface area contributed by atoms with Crippen LogP contribution in [0.25, 0.3) is 23.0 Å². The molecule has 4 rings (SSSR count). The zero-order chi connectivity index (χ0) is 16.4. The number of rotatable bonds is 4. The van der Waals surface area contributed by atoms with Gasteiger partial charge in [0.05, 0.1) is 13.2 Å². The Balaban J connectivity index is 1.54. The monoisotopic (exact) mass is 325 g/mol. The Morgan fingerprint density at radius 2 is 2.12 bits per heavy atom. The van der Waals surface area contributed by atoms with Crippen LogP contribution in [-0.2, 0) is 0 Å². The maximum Gasteiger partial charge on any atom is 0.278 e. The molecule has 24 heavy (non-hydrogen) atoms. The van der Waals surface area contributed by atoms with E-state index in [1.807, 2.05) is 41.2 Å². The van der Waals surface area contributed by atoms with Crippen molar-refractivity contribution in [2.45, 2.75) is 18.9 Å². The van der Waals surface area contributed by atoms with Gasteiger partial charge in [-0.1, -0.05) is 5.16 Å². The van der Waals surface area contributed by atoms with E-state index in [0.717, 1.165) is 30.8 Å². The van der Waals surface area contributed by atoms with Gasteiger partial charge in [-0.3, -0.25) is 4.68 Å². The summed E-state index contributed by atoms with van der Waals surface area (Å²) in [6, 6.07) is 9.85. The fraction of sp³-hybridized carbons (Fsp3) is 0.353. The third-order valence-corrected chi connectivity index (χ3v) is 4.25. The molecule has 1 aliphatic heterocycles. The van der Waals surface area contributed by atoms with Gasteiger partial charge in [0.15, 0.2) is 5.69 Å². The summed E-state index contributed by atoms with van der Waals surface area (Å²) in [7, 11) is 1.64. The molecule has 1 N–H and O–H groups in total. The minimum absolute atomic E-state index is 0.386. The molecular formula is C17H19N5O2. The van der Waals surface area contributed by atoms with Gasteiger partial charge >= 0.3 is 0 Å². The van der Waals surface area contributed by atoms with Crippen molar-refractivity contribution >= 4 is 0 Å². The maximum absolute atomic E-state index is 5.38. The number of ether oxygens (including phenoxy) is 1. The second-order valence-electron chi connectivity index (χ2n) is 5.83. The summed E-state index contributed by atoms with van der Waals surface area (Å²) in [5.74, 6) is 1.77. The Morgan fingerprint density at radius 3 is 2.88 bits per heavy atom. The Morgan fingerprint density at radius 1 is 1.25 bits per heavy atom. The lowest BCUT2D eigenvalue weighted by Gasteiger charge is -2.22. The maximum atomic E-state index is 5.38. The van der Waals surface area contributed by atoms with Gasteiger partial charge in [0.25, 0.3) is 5.89 Å². The summed E-state index contributed by atoms with van der Waals surface area (Å²) in [6.07, 6.45) is 4.28. The fourth-order valence-electron chi connectivity index (χ4n) is 2.90. The van der Waals surface area contributed by atoms with Crippen molar-refractivity contribution in [1.82, 2.24) is 25.2 Å². The van der Waals surface area contributed by atoms with Crippen LogP contribution in [0.3, 0.4) is 0 Å². The molecule has 3 heterocycles. The molecule has 0 radical (unpaired) electrons.